The Kier molecular flexibility index (Phi) is 4.80. The van der Waals surface area contributed by atoms with Crippen molar-refractivity contribution in [3.8, 4) is 0 Å². The first-order valence-electron chi connectivity index (χ1n) is 5.93. The Morgan fingerprint density at radius 3 is 1.71 bits per heavy atom. The van der Waals surface area contributed by atoms with Crippen molar-refractivity contribution < 1.29 is 13.2 Å². The predicted molar refractivity (Wildman–Crippen MR) is 61.8 cm³/mol. The van der Waals surface area contributed by atoms with Gasteiger partial charge in [0.25, 0.3) is 0 Å². The van der Waals surface area contributed by atoms with E-state index in [4.69, 9.17) is 5.73 Å². The van der Waals surface area contributed by atoms with E-state index in [2.05, 4.69) is 18.7 Å². The zero-order chi connectivity index (χ0) is 13.1. The maximum atomic E-state index is 12.2. The first-order valence-corrected chi connectivity index (χ1v) is 5.93. The van der Waals surface area contributed by atoms with Gasteiger partial charge in [-0.05, 0) is 12.0 Å². The van der Waals surface area contributed by atoms with Crippen molar-refractivity contribution in [3.05, 3.63) is 0 Å². The van der Waals surface area contributed by atoms with Crippen LogP contribution in [0.1, 0.15) is 13.8 Å². The van der Waals surface area contributed by atoms with E-state index in [0.717, 1.165) is 6.54 Å². The molecule has 1 fully saturated rings. The molecule has 0 aromatic heterocycles. The van der Waals surface area contributed by atoms with Crippen LogP contribution in [0.3, 0.4) is 0 Å². The summed E-state index contributed by atoms with van der Waals surface area (Å²) in [6.45, 7) is 7.17. The van der Waals surface area contributed by atoms with Crippen molar-refractivity contribution in [3.63, 3.8) is 0 Å². The molecule has 0 spiro atoms. The molecule has 2 N–H and O–H groups in total. The van der Waals surface area contributed by atoms with Gasteiger partial charge in [0.05, 0.1) is 6.54 Å². The van der Waals surface area contributed by atoms with Crippen LogP contribution in [0.5, 0.6) is 0 Å². The third kappa shape index (κ3) is 5.70. The number of hydrogen-bond acceptors (Lipinski definition) is 3. The van der Waals surface area contributed by atoms with Gasteiger partial charge in [0.15, 0.2) is 0 Å². The largest absolute Gasteiger partial charge is 0.401 e. The summed E-state index contributed by atoms with van der Waals surface area (Å²) >= 11 is 0. The minimum Gasteiger partial charge on any atom is -0.330 e. The summed E-state index contributed by atoms with van der Waals surface area (Å²) in [5.74, 6) is 0. The van der Waals surface area contributed by atoms with E-state index in [9.17, 15) is 13.2 Å². The number of nitrogens with two attached hydrogens (primary N) is 1. The molecule has 102 valence electrons. The zero-order valence-corrected chi connectivity index (χ0v) is 10.6. The molecule has 0 aromatic rings. The van der Waals surface area contributed by atoms with Gasteiger partial charge in [-0.2, -0.15) is 13.2 Å². The number of hydrogen-bond donors (Lipinski definition) is 1. The van der Waals surface area contributed by atoms with Crippen LogP contribution in [0.15, 0.2) is 0 Å². The minimum atomic E-state index is -4.08. The summed E-state index contributed by atoms with van der Waals surface area (Å²) in [5, 5.41) is 0. The van der Waals surface area contributed by atoms with Crippen LogP contribution in [-0.4, -0.2) is 61.8 Å². The SMILES string of the molecule is CC(C)(CN)CN1CCN(CC(F)(F)F)CC1. The van der Waals surface area contributed by atoms with Crippen molar-refractivity contribution >= 4 is 0 Å². The van der Waals surface area contributed by atoms with Crippen molar-refractivity contribution in [2.45, 2.75) is 20.0 Å². The highest BCUT2D eigenvalue weighted by Crippen LogP contribution is 2.19. The molecular formula is C11H22F3N3. The lowest BCUT2D eigenvalue weighted by molar-refractivity contribution is -0.149. The van der Waals surface area contributed by atoms with Gasteiger partial charge < -0.3 is 10.6 Å². The highest BCUT2D eigenvalue weighted by molar-refractivity contribution is 4.79. The molecule has 0 aromatic carbocycles. The lowest BCUT2D eigenvalue weighted by Crippen LogP contribution is -2.51. The molecule has 3 nitrogen and oxygen atoms in total. The fraction of sp³-hybridized carbons (Fsp3) is 1.00. The lowest BCUT2D eigenvalue weighted by atomic mass is 9.93. The average Bonchev–Trinajstić information content (AvgIpc) is 2.19. The van der Waals surface area contributed by atoms with Crippen LogP contribution in [0.4, 0.5) is 13.2 Å². The second-order valence-corrected chi connectivity index (χ2v) is 5.54. The van der Waals surface area contributed by atoms with Gasteiger partial charge in [-0.15, -0.1) is 0 Å². The third-order valence-corrected chi connectivity index (χ3v) is 3.07. The molecule has 0 atom stereocenters. The fourth-order valence-electron chi connectivity index (χ4n) is 2.03. The highest BCUT2D eigenvalue weighted by atomic mass is 19.4. The summed E-state index contributed by atoms with van der Waals surface area (Å²) in [7, 11) is 0. The topological polar surface area (TPSA) is 32.5 Å². The molecule has 1 heterocycles. The molecule has 17 heavy (non-hydrogen) atoms. The van der Waals surface area contributed by atoms with Gasteiger partial charge in [0.2, 0.25) is 0 Å². The van der Waals surface area contributed by atoms with E-state index < -0.39 is 12.7 Å². The van der Waals surface area contributed by atoms with Crippen molar-refractivity contribution in [2.24, 2.45) is 11.1 Å². The molecule has 1 rings (SSSR count). The van der Waals surface area contributed by atoms with Crippen LogP contribution in [0.25, 0.3) is 0 Å². The number of rotatable bonds is 4. The summed E-state index contributed by atoms with van der Waals surface area (Å²) in [4.78, 5) is 3.66. The lowest BCUT2D eigenvalue weighted by Gasteiger charge is -2.38. The average molecular weight is 253 g/mol. The fourth-order valence-corrected chi connectivity index (χ4v) is 2.03. The molecular weight excluding hydrogens is 231 g/mol. The van der Waals surface area contributed by atoms with Crippen molar-refractivity contribution in [1.82, 2.24) is 9.80 Å². The van der Waals surface area contributed by atoms with E-state index in [1.165, 1.54) is 4.90 Å². The minimum absolute atomic E-state index is 0.0339. The van der Waals surface area contributed by atoms with Crippen LogP contribution >= 0.6 is 0 Å². The van der Waals surface area contributed by atoms with Gasteiger partial charge in [-0.3, -0.25) is 4.90 Å². The molecule has 0 bridgehead atoms. The molecule has 1 aliphatic heterocycles. The van der Waals surface area contributed by atoms with Crippen molar-refractivity contribution in [2.75, 3.05) is 45.8 Å². The van der Waals surface area contributed by atoms with Gasteiger partial charge in [-0.1, -0.05) is 13.8 Å². The van der Waals surface area contributed by atoms with Crippen LogP contribution in [0, 0.1) is 5.41 Å². The normalized spacial score (nSPS) is 20.8. The summed E-state index contributed by atoms with van der Waals surface area (Å²) in [5.41, 5.74) is 5.68. The summed E-state index contributed by atoms with van der Waals surface area (Å²) < 4.78 is 36.6. The second kappa shape index (κ2) is 5.54. The Morgan fingerprint density at radius 2 is 1.35 bits per heavy atom. The summed E-state index contributed by atoms with van der Waals surface area (Å²) in [6, 6.07) is 0. The second-order valence-electron chi connectivity index (χ2n) is 5.54. The van der Waals surface area contributed by atoms with Gasteiger partial charge >= 0.3 is 6.18 Å². The Hall–Kier alpha value is -0.330. The van der Waals surface area contributed by atoms with Crippen LogP contribution < -0.4 is 5.73 Å². The first-order chi connectivity index (χ1) is 7.72. The maximum absolute atomic E-state index is 12.2. The van der Waals surface area contributed by atoms with Gasteiger partial charge in [-0.25, -0.2) is 0 Å². The zero-order valence-electron chi connectivity index (χ0n) is 10.6. The first kappa shape index (κ1) is 14.7. The number of alkyl halides is 3. The number of nitrogens with zero attached hydrogens (tertiary/aromatic N) is 2. The maximum Gasteiger partial charge on any atom is 0.401 e. The molecule has 1 aliphatic rings. The standard InChI is InChI=1S/C11H22F3N3/c1-10(2,7-15)8-16-3-5-17(6-4-16)9-11(12,13)14/h3-9,15H2,1-2H3. The molecule has 0 amide bonds. The quantitative estimate of drug-likeness (QED) is 0.816. The van der Waals surface area contributed by atoms with E-state index in [1.54, 1.807) is 0 Å². The van der Waals surface area contributed by atoms with E-state index in [-0.39, 0.29) is 5.41 Å². The predicted octanol–water partition coefficient (Wildman–Crippen LogP) is 1.15. The monoisotopic (exact) mass is 253 g/mol. The third-order valence-electron chi connectivity index (χ3n) is 3.07. The van der Waals surface area contributed by atoms with E-state index >= 15 is 0 Å². The highest BCUT2D eigenvalue weighted by Gasteiger charge is 2.32. The van der Waals surface area contributed by atoms with Gasteiger partial charge in [0.1, 0.15) is 0 Å². The Balaban J connectivity index is 2.31. The van der Waals surface area contributed by atoms with Crippen LogP contribution in [-0.2, 0) is 0 Å². The molecule has 1 saturated heterocycles. The van der Waals surface area contributed by atoms with Gasteiger partial charge in [0, 0.05) is 32.7 Å². The van der Waals surface area contributed by atoms with E-state index in [0.29, 0.717) is 32.7 Å². The Bertz CT molecular complexity index is 233. The number of halogens is 3. The molecule has 6 heteroatoms. The number of piperazine rings is 1. The van der Waals surface area contributed by atoms with E-state index in [1.807, 2.05) is 0 Å². The molecule has 0 unspecified atom stereocenters. The Morgan fingerprint density at radius 1 is 0.941 bits per heavy atom. The molecule has 0 saturated carbocycles. The molecule has 0 aliphatic carbocycles. The Labute approximate surface area is 101 Å². The van der Waals surface area contributed by atoms with Crippen LogP contribution in [0.2, 0.25) is 0 Å². The van der Waals surface area contributed by atoms with Crippen molar-refractivity contribution in [1.29, 1.82) is 0 Å². The summed E-state index contributed by atoms with van der Waals surface area (Å²) in [6.07, 6.45) is -4.08. The molecule has 0 radical (unpaired) electrons. The smallest absolute Gasteiger partial charge is 0.330 e.